The van der Waals surface area contributed by atoms with Crippen LogP contribution in [-0.2, 0) is 28.7 Å². The largest absolute Gasteiger partial charge is 0.469 e. The van der Waals surface area contributed by atoms with Gasteiger partial charge in [-0.1, -0.05) is 18.7 Å². The van der Waals surface area contributed by atoms with Crippen LogP contribution in [0.3, 0.4) is 0 Å². The second-order valence-electron chi connectivity index (χ2n) is 6.03. The molecule has 1 N–H and O–H groups in total. The highest BCUT2D eigenvalue weighted by Crippen LogP contribution is 2.31. The van der Waals surface area contributed by atoms with Crippen LogP contribution in [0.2, 0.25) is 0 Å². The van der Waals surface area contributed by atoms with Crippen molar-refractivity contribution < 1.29 is 28.7 Å². The summed E-state index contributed by atoms with van der Waals surface area (Å²) >= 11 is 0.631. The Morgan fingerprint density at radius 2 is 1.62 bits per heavy atom. The van der Waals surface area contributed by atoms with Crippen molar-refractivity contribution in [1.29, 1.82) is 0 Å². The smallest absolute Gasteiger partial charge is 0.313 e. The minimum Gasteiger partial charge on any atom is -0.469 e. The first-order valence-electron chi connectivity index (χ1n) is 8.45. The number of nitrogens with one attached hydrogen (secondary N) is 1. The Bertz CT molecular complexity index is 557. The molecule has 0 aromatic rings. The number of hydrogen-bond acceptors (Lipinski definition) is 7. The maximum atomic E-state index is 12.8. The molecule has 9 heteroatoms. The van der Waals surface area contributed by atoms with E-state index < -0.39 is 34.1 Å². The number of hydrogen-bond donors (Lipinski definition) is 1. The molecular weight excluding hydrogens is 360 g/mol. The third-order valence-corrected chi connectivity index (χ3v) is 4.93. The molecule has 0 spiro atoms. The van der Waals surface area contributed by atoms with Crippen LogP contribution in [0.4, 0.5) is 0 Å². The molecule has 0 heterocycles. The number of ketones is 1. The van der Waals surface area contributed by atoms with Crippen molar-refractivity contribution >= 4 is 40.4 Å². The van der Waals surface area contributed by atoms with Crippen LogP contribution in [0.1, 0.15) is 47.5 Å². The lowest BCUT2D eigenvalue weighted by atomic mass is 10.0. The van der Waals surface area contributed by atoms with Gasteiger partial charge in [0.2, 0.25) is 17.6 Å². The van der Waals surface area contributed by atoms with Crippen molar-refractivity contribution in [3.8, 4) is 0 Å². The molecule has 0 rings (SSSR count). The van der Waals surface area contributed by atoms with E-state index in [1.54, 1.807) is 25.7 Å². The number of amides is 2. The molecule has 0 aromatic carbocycles. The van der Waals surface area contributed by atoms with E-state index in [0.717, 1.165) is 7.11 Å². The standard InChI is InChI=1S/C17H28N2O6S/c1-7-12(21)18-14(15(23)19(8-2)9-3)17(4,5)26-16(24)11(20)10-13(22)25-6/h14H,7-10H2,1-6H3,(H,18,21). The molecule has 148 valence electrons. The van der Waals surface area contributed by atoms with Gasteiger partial charge in [-0.25, -0.2) is 0 Å². The van der Waals surface area contributed by atoms with Crippen LogP contribution in [-0.4, -0.2) is 64.6 Å². The van der Waals surface area contributed by atoms with Gasteiger partial charge < -0.3 is 15.0 Å². The third-order valence-electron chi connectivity index (χ3n) is 3.76. The third kappa shape index (κ3) is 7.15. The summed E-state index contributed by atoms with van der Waals surface area (Å²) in [7, 11) is 1.12. The van der Waals surface area contributed by atoms with Crippen molar-refractivity contribution in [3.63, 3.8) is 0 Å². The quantitative estimate of drug-likeness (QED) is 0.337. The highest BCUT2D eigenvalue weighted by molar-refractivity contribution is 8.16. The molecule has 0 aromatic heterocycles. The van der Waals surface area contributed by atoms with Crippen molar-refractivity contribution in [3.05, 3.63) is 0 Å². The number of carbonyl (C=O) groups is 5. The molecule has 26 heavy (non-hydrogen) atoms. The maximum Gasteiger partial charge on any atom is 0.313 e. The van der Waals surface area contributed by atoms with E-state index in [1.807, 2.05) is 13.8 Å². The zero-order valence-electron chi connectivity index (χ0n) is 16.2. The van der Waals surface area contributed by atoms with Crippen LogP contribution < -0.4 is 5.32 Å². The van der Waals surface area contributed by atoms with Gasteiger partial charge in [-0.05, 0) is 27.7 Å². The van der Waals surface area contributed by atoms with Gasteiger partial charge in [0.05, 0.1) is 7.11 Å². The summed E-state index contributed by atoms with van der Waals surface area (Å²) in [6, 6.07) is -0.991. The van der Waals surface area contributed by atoms with Gasteiger partial charge in [-0.2, -0.15) is 0 Å². The van der Waals surface area contributed by atoms with Gasteiger partial charge >= 0.3 is 5.97 Å². The summed E-state index contributed by atoms with van der Waals surface area (Å²) in [5, 5.41) is 1.79. The van der Waals surface area contributed by atoms with Crippen molar-refractivity contribution in [2.45, 2.75) is 58.2 Å². The Hall–Kier alpha value is -1.90. The number of likely N-dealkylation sites (N-methyl/N-ethyl adjacent to an activating group) is 1. The molecule has 2 amide bonds. The fraction of sp³-hybridized carbons (Fsp3) is 0.706. The molecular formula is C17H28N2O6S. The van der Waals surface area contributed by atoms with Crippen LogP contribution in [0.25, 0.3) is 0 Å². The number of ether oxygens (including phenoxy) is 1. The van der Waals surface area contributed by atoms with E-state index in [1.165, 1.54) is 0 Å². The van der Waals surface area contributed by atoms with Crippen LogP contribution >= 0.6 is 11.8 Å². The predicted molar refractivity (Wildman–Crippen MR) is 98.5 cm³/mol. The second-order valence-corrected chi connectivity index (χ2v) is 7.66. The van der Waals surface area contributed by atoms with Gasteiger partial charge in [0.25, 0.3) is 5.12 Å². The minimum absolute atomic E-state index is 0.179. The van der Waals surface area contributed by atoms with Gasteiger partial charge in [-0.15, -0.1) is 0 Å². The Morgan fingerprint density at radius 1 is 1.08 bits per heavy atom. The van der Waals surface area contributed by atoms with Gasteiger partial charge in [0, 0.05) is 24.3 Å². The van der Waals surface area contributed by atoms with E-state index >= 15 is 0 Å². The molecule has 0 radical (unpaired) electrons. The van der Waals surface area contributed by atoms with E-state index in [2.05, 4.69) is 10.1 Å². The minimum atomic E-state index is -1.09. The summed E-state index contributed by atoms with van der Waals surface area (Å²) in [5.74, 6) is -2.39. The van der Waals surface area contributed by atoms with Gasteiger partial charge in [-0.3, -0.25) is 24.0 Å². The zero-order valence-corrected chi connectivity index (χ0v) is 17.0. The summed E-state index contributed by atoms with van der Waals surface area (Å²) in [5.41, 5.74) is 0. The van der Waals surface area contributed by atoms with Gasteiger partial charge in [0.15, 0.2) is 0 Å². The lowest BCUT2D eigenvalue weighted by molar-refractivity contribution is -0.145. The summed E-state index contributed by atoms with van der Waals surface area (Å²) in [6.07, 6.45) is -0.480. The SMILES string of the molecule is CCC(=O)NC(C(=O)N(CC)CC)C(C)(C)SC(=O)C(=O)CC(=O)OC. The fourth-order valence-corrected chi connectivity index (χ4v) is 3.09. The number of Topliss-reactive ketones (excluding diaryl/α,β-unsaturated/α-hetero) is 1. The van der Waals surface area contributed by atoms with Crippen molar-refractivity contribution in [2.24, 2.45) is 0 Å². The molecule has 0 aliphatic carbocycles. The number of carbonyl (C=O) groups excluding carboxylic acids is 5. The average molecular weight is 388 g/mol. The molecule has 8 nitrogen and oxygen atoms in total. The van der Waals surface area contributed by atoms with Crippen LogP contribution in [0, 0.1) is 0 Å². The molecule has 1 atom stereocenters. The van der Waals surface area contributed by atoms with E-state index in [-0.39, 0.29) is 18.2 Å². The first-order chi connectivity index (χ1) is 12.0. The van der Waals surface area contributed by atoms with Gasteiger partial charge in [0.1, 0.15) is 12.5 Å². The summed E-state index contributed by atoms with van der Waals surface area (Å²) in [4.78, 5) is 61.4. The highest BCUT2D eigenvalue weighted by atomic mass is 32.2. The molecule has 0 aliphatic heterocycles. The summed E-state index contributed by atoms with van der Waals surface area (Å²) in [6.45, 7) is 9.37. The molecule has 0 saturated heterocycles. The first kappa shape index (κ1) is 24.1. The van der Waals surface area contributed by atoms with E-state index in [4.69, 9.17) is 0 Å². The summed E-state index contributed by atoms with van der Waals surface area (Å²) < 4.78 is 3.29. The maximum absolute atomic E-state index is 12.8. The predicted octanol–water partition coefficient (Wildman–Crippen LogP) is 0.920. The Labute approximate surface area is 158 Å². The lowest BCUT2D eigenvalue weighted by Gasteiger charge is -2.35. The molecule has 0 saturated carbocycles. The Balaban J connectivity index is 5.45. The normalized spacial score (nSPS) is 12.1. The van der Waals surface area contributed by atoms with Crippen LogP contribution in [0.5, 0.6) is 0 Å². The van der Waals surface area contributed by atoms with Crippen molar-refractivity contribution in [1.82, 2.24) is 10.2 Å². The Kier molecular flexibility index (Phi) is 10.1. The molecule has 0 bridgehead atoms. The van der Waals surface area contributed by atoms with E-state index in [0.29, 0.717) is 24.9 Å². The van der Waals surface area contributed by atoms with Crippen LogP contribution in [0.15, 0.2) is 0 Å². The zero-order chi connectivity index (χ0) is 20.5. The monoisotopic (exact) mass is 388 g/mol. The first-order valence-corrected chi connectivity index (χ1v) is 9.26. The topological polar surface area (TPSA) is 110 Å². The average Bonchev–Trinajstić information content (AvgIpc) is 2.59. The lowest BCUT2D eigenvalue weighted by Crippen LogP contribution is -2.57. The van der Waals surface area contributed by atoms with Crippen molar-refractivity contribution in [2.75, 3.05) is 20.2 Å². The highest BCUT2D eigenvalue weighted by Gasteiger charge is 2.41. The Morgan fingerprint density at radius 3 is 2.04 bits per heavy atom. The number of thioether (sulfide) groups is 1. The number of rotatable bonds is 10. The second kappa shape index (κ2) is 10.9. The molecule has 1 unspecified atom stereocenters. The number of methoxy groups -OCH3 is 1. The molecule has 0 aliphatic rings. The number of nitrogens with zero attached hydrogens (tertiary/aromatic N) is 1. The number of esters is 1. The fourth-order valence-electron chi connectivity index (χ4n) is 2.14. The van der Waals surface area contributed by atoms with E-state index in [9.17, 15) is 24.0 Å². The molecule has 0 fully saturated rings.